The van der Waals surface area contributed by atoms with E-state index in [-0.39, 0.29) is 50.9 Å². The molecule has 10 nitrogen and oxygen atoms in total. The Balaban J connectivity index is 2.29. The van der Waals surface area contributed by atoms with Gasteiger partial charge in [-0.25, -0.2) is 9.98 Å². The number of ether oxygens (including phenoxy) is 1. The third-order valence-corrected chi connectivity index (χ3v) is 4.25. The first-order valence-corrected chi connectivity index (χ1v) is 7.84. The van der Waals surface area contributed by atoms with Crippen molar-refractivity contribution in [3.8, 4) is 23.8 Å². The van der Waals surface area contributed by atoms with Gasteiger partial charge in [-0.3, -0.25) is 5.32 Å². The maximum atomic E-state index is 10.4. The zero-order valence-electron chi connectivity index (χ0n) is 13.9. The SMILES string of the molecule is COc1cc(O)c(C2N=C(NC#N)Nc3nc(N)c(C#N)c(N)c32)cc1Cl. The smallest absolute Gasteiger partial charge is 0.211 e. The Hall–Kier alpha value is -3.89. The molecule has 2 aromatic rings. The molecule has 1 aliphatic heterocycles. The molecule has 0 saturated carbocycles. The van der Waals surface area contributed by atoms with Crippen LogP contribution in [0.3, 0.4) is 0 Å². The van der Waals surface area contributed by atoms with E-state index in [1.54, 1.807) is 6.19 Å². The fraction of sp³-hybridized carbons (Fsp3) is 0.125. The number of methoxy groups -OCH3 is 1. The predicted octanol–water partition coefficient (Wildman–Crippen LogP) is 1.43. The minimum absolute atomic E-state index is 0.00783. The number of nitrogen functional groups attached to an aromatic ring is 2. The van der Waals surface area contributed by atoms with Crippen molar-refractivity contribution in [1.82, 2.24) is 10.3 Å². The van der Waals surface area contributed by atoms with Gasteiger partial charge in [-0.1, -0.05) is 11.6 Å². The standard InChI is InChI=1S/C16H13ClN8O2/c1-27-10-3-9(26)6(2-8(10)17)13-11-12(20)7(4-18)14(21)24-15(11)25-16(23-13)22-5-19/h2-3,13,26H,1H3,(H6,20,21,22,23,24,25). The Morgan fingerprint density at radius 2 is 2.11 bits per heavy atom. The number of hydrogen-bond donors (Lipinski definition) is 5. The summed E-state index contributed by atoms with van der Waals surface area (Å²) in [5.74, 6) is 0.303. The highest BCUT2D eigenvalue weighted by atomic mass is 35.5. The molecule has 136 valence electrons. The van der Waals surface area contributed by atoms with Gasteiger partial charge in [0.25, 0.3) is 0 Å². The van der Waals surface area contributed by atoms with Crippen LogP contribution in [0.1, 0.15) is 22.7 Å². The average Bonchev–Trinajstić information content (AvgIpc) is 2.63. The molecule has 3 rings (SSSR count). The molecule has 11 heteroatoms. The summed E-state index contributed by atoms with van der Waals surface area (Å²) < 4.78 is 5.08. The second kappa shape index (κ2) is 6.78. The van der Waals surface area contributed by atoms with Gasteiger partial charge in [-0.2, -0.15) is 10.5 Å². The Labute approximate surface area is 158 Å². The number of aromatic nitrogens is 1. The Morgan fingerprint density at radius 3 is 2.74 bits per heavy atom. The number of phenolic OH excluding ortho intramolecular Hbond substituents is 1. The molecule has 0 bridgehead atoms. The van der Waals surface area contributed by atoms with Crippen LogP contribution >= 0.6 is 11.6 Å². The van der Waals surface area contributed by atoms with E-state index in [1.807, 2.05) is 6.07 Å². The second-order valence-corrected chi connectivity index (χ2v) is 5.85. The number of nitrogens with two attached hydrogens (primary N) is 2. The fourth-order valence-corrected chi connectivity index (χ4v) is 2.99. The predicted molar refractivity (Wildman–Crippen MR) is 99.1 cm³/mol. The largest absolute Gasteiger partial charge is 0.507 e. The highest BCUT2D eigenvalue weighted by molar-refractivity contribution is 6.32. The molecule has 2 heterocycles. The zero-order valence-corrected chi connectivity index (χ0v) is 14.7. The van der Waals surface area contributed by atoms with Crippen LogP contribution in [0, 0.1) is 22.8 Å². The van der Waals surface area contributed by atoms with Crippen LogP contribution in [0.15, 0.2) is 17.1 Å². The number of aliphatic imine (C=N–C) groups is 1. The number of phenols is 1. The lowest BCUT2D eigenvalue weighted by Crippen LogP contribution is -2.32. The summed E-state index contributed by atoms with van der Waals surface area (Å²) in [6.45, 7) is 0. The van der Waals surface area contributed by atoms with Gasteiger partial charge >= 0.3 is 0 Å². The summed E-state index contributed by atoms with van der Waals surface area (Å²) in [5.41, 5.74) is 12.6. The topological polar surface area (TPSA) is 178 Å². The van der Waals surface area contributed by atoms with E-state index in [4.69, 9.17) is 33.1 Å². The molecule has 0 fully saturated rings. The molecule has 0 aliphatic carbocycles. The lowest BCUT2D eigenvalue weighted by Gasteiger charge is -2.26. The van der Waals surface area contributed by atoms with Gasteiger partial charge in [0.2, 0.25) is 5.96 Å². The van der Waals surface area contributed by atoms with Crippen LogP contribution in [-0.4, -0.2) is 23.2 Å². The number of anilines is 3. The van der Waals surface area contributed by atoms with Gasteiger partial charge in [0.1, 0.15) is 40.8 Å². The molecular formula is C16H13ClN8O2. The fourth-order valence-electron chi connectivity index (χ4n) is 2.74. The molecule has 1 aliphatic rings. The molecule has 27 heavy (non-hydrogen) atoms. The first-order valence-electron chi connectivity index (χ1n) is 7.46. The van der Waals surface area contributed by atoms with E-state index in [0.717, 1.165) is 0 Å². The van der Waals surface area contributed by atoms with Gasteiger partial charge < -0.3 is 26.6 Å². The van der Waals surface area contributed by atoms with E-state index in [1.165, 1.54) is 19.2 Å². The third kappa shape index (κ3) is 2.94. The van der Waals surface area contributed by atoms with Crippen LogP contribution < -0.4 is 26.8 Å². The van der Waals surface area contributed by atoms with E-state index in [9.17, 15) is 10.4 Å². The quantitative estimate of drug-likeness (QED) is 0.378. The van der Waals surface area contributed by atoms with Crippen LogP contribution in [0.5, 0.6) is 11.5 Å². The van der Waals surface area contributed by atoms with Gasteiger partial charge in [0, 0.05) is 17.2 Å². The van der Waals surface area contributed by atoms with Crippen molar-refractivity contribution in [1.29, 1.82) is 10.5 Å². The van der Waals surface area contributed by atoms with Gasteiger partial charge in [-0.05, 0) is 6.07 Å². The van der Waals surface area contributed by atoms with Crippen molar-refractivity contribution in [2.45, 2.75) is 6.04 Å². The summed E-state index contributed by atoms with van der Waals surface area (Å²) in [5, 5.41) is 34.0. The molecule has 0 spiro atoms. The Bertz CT molecular complexity index is 1050. The lowest BCUT2D eigenvalue weighted by atomic mass is 9.94. The first kappa shape index (κ1) is 17.9. The molecule has 0 radical (unpaired) electrons. The van der Waals surface area contributed by atoms with Crippen molar-refractivity contribution in [3.05, 3.63) is 33.8 Å². The monoisotopic (exact) mass is 384 g/mol. The van der Waals surface area contributed by atoms with Crippen molar-refractivity contribution < 1.29 is 9.84 Å². The van der Waals surface area contributed by atoms with Crippen LogP contribution in [0.2, 0.25) is 5.02 Å². The van der Waals surface area contributed by atoms with E-state index < -0.39 is 6.04 Å². The lowest BCUT2D eigenvalue weighted by molar-refractivity contribution is 0.406. The summed E-state index contributed by atoms with van der Waals surface area (Å²) in [7, 11) is 1.41. The van der Waals surface area contributed by atoms with E-state index in [0.29, 0.717) is 5.56 Å². The Kier molecular flexibility index (Phi) is 4.50. The maximum Gasteiger partial charge on any atom is 0.211 e. The maximum absolute atomic E-state index is 10.4. The number of nitriles is 2. The molecule has 0 amide bonds. The average molecular weight is 385 g/mol. The number of rotatable bonds is 2. The minimum Gasteiger partial charge on any atom is -0.507 e. The van der Waals surface area contributed by atoms with Crippen LogP contribution in [0.25, 0.3) is 0 Å². The van der Waals surface area contributed by atoms with Gasteiger partial charge in [0.15, 0.2) is 6.19 Å². The zero-order chi connectivity index (χ0) is 19.7. The second-order valence-electron chi connectivity index (χ2n) is 5.45. The summed E-state index contributed by atoms with van der Waals surface area (Å²) in [6.07, 6.45) is 1.74. The number of aromatic hydroxyl groups is 1. The molecule has 0 saturated heterocycles. The first-order chi connectivity index (χ1) is 12.9. The van der Waals surface area contributed by atoms with Crippen molar-refractivity contribution in [2.24, 2.45) is 4.99 Å². The highest BCUT2D eigenvalue weighted by Gasteiger charge is 2.31. The minimum atomic E-state index is -0.902. The molecule has 1 aromatic carbocycles. The van der Waals surface area contributed by atoms with Crippen molar-refractivity contribution in [3.63, 3.8) is 0 Å². The number of halogens is 1. The number of pyridine rings is 1. The summed E-state index contributed by atoms with van der Waals surface area (Å²) in [6, 6.07) is 3.79. The van der Waals surface area contributed by atoms with Gasteiger partial charge in [-0.15, -0.1) is 0 Å². The number of nitrogens with one attached hydrogen (secondary N) is 2. The molecular weight excluding hydrogens is 372 g/mol. The van der Waals surface area contributed by atoms with Crippen molar-refractivity contribution in [2.75, 3.05) is 23.9 Å². The Morgan fingerprint density at radius 1 is 1.37 bits per heavy atom. The number of fused-ring (bicyclic) bond motifs is 1. The van der Waals surface area contributed by atoms with Crippen LogP contribution in [-0.2, 0) is 0 Å². The molecule has 1 atom stereocenters. The van der Waals surface area contributed by atoms with Crippen LogP contribution in [0.4, 0.5) is 17.3 Å². The molecule has 7 N–H and O–H groups in total. The molecule has 1 unspecified atom stereocenters. The van der Waals surface area contributed by atoms with Crippen molar-refractivity contribution >= 4 is 34.9 Å². The third-order valence-electron chi connectivity index (χ3n) is 3.95. The summed E-state index contributed by atoms with van der Waals surface area (Å²) in [4.78, 5) is 8.48. The normalized spacial score (nSPS) is 14.8. The number of nitrogens with zero attached hydrogens (tertiary/aromatic N) is 4. The number of benzene rings is 1. The summed E-state index contributed by atoms with van der Waals surface area (Å²) >= 11 is 6.18. The molecule has 1 aromatic heterocycles. The van der Waals surface area contributed by atoms with Gasteiger partial charge in [0.05, 0.1) is 17.8 Å². The highest BCUT2D eigenvalue weighted by Crippen LogP contribution is 2.45. The number of guanidine groups is 1. The van der Waals surface area contributed by atoms with E-state index in [2.05, 4.69) is 20.6 Å². The van der Waals surface area contributed by atoms with E-state index >= 15 is 0 Å². The number of hydrogen-bond acceptors (Lipinski definition) is 10.